The Morgan fingerprint density at radius 1 is 1.03 bits per heavy atom. The Balaban J connectivity index is 2.30. The Bertz CT molecular complexity index is 1470. The van der Waals surface area contributed by atoms with E-state index >= 15 is 0 Å². The highest BCUT2D eigenvalue weighted by atomic mass is 31.2. The molecule has 0 saturated heterocycles. The van der Waals surface area contributed by atoms with Gasteiger partial charge in [0, 0.05) is 11.6 Å². The molecule has 200 valence electrons. The van der Waals surface area contributed by atoms with Crippen molar-refractivity contribution in [3.05, 3.63) is 76.7 Å². The largest absolute Gasteiger partial charge is 0.481 e. The molecular weight excluding hydrogens is 532 g/mol. The molecule has 3 N–H and O–H groups in total. The predicted octanol–water partition coefficient (Wildman–Crippen LogP) is 5.65. The topological polar surface area (TPSA) is 108 Å². The summed E-state index contributed by atoms with van der Waals surface area (Å²) in [4.78, 5) is 25.1. The van der Waals surface area contributed by atoms with E-state index in [-0.39, 0.29) is 28.5 Å². The number of nitrogens with zero attached hydrogens (tertiary/aromatic N) is 1. The van der Waals surface area contributed by atoms with E-state index in [0.29, 0.717) is 0 Å². The lowest BCUT2D eigenvalue weighted by Gasteiger charge is -2.17. The summed E-state index contributed by atoms with van der Waals surface area (Å²) in [6.07, 6.45) is -3.30. The molecule has 0 saturated carbocycles. The predicted molar refractivity (Wildman–Crippen MR) is 129 cm³/mol. The minimum Gasteiger partial charge on any atom is -0.481 e. The van der Waals surface area contributed by atoms with Gasteiger partial charge in [0.1, 0.15) is 5.82 Å². The highest BCUT2D eigenvalue weighted by Crippen LogP contribution is 2.41. The van der Waals surface area contributed by atoms with Gasteiger partial charge in [-0.3, -0.25) is 14.3 Å². The fraction of sp³-hybridized carbons (Fsp3) is 0.231. The molecule has 12 heteroatoms. The average Bonchev–Trinajstić information content (AvgIpc) is 2.81. The third-order valence-electron chi connectivity index (χ3n) is 5.34. The molecular formula is C26H21F5NO5P. The fourth-order valence-electron chi connectivity index (χ4n) is 3.64. The van der Waals surface area contributed by atoms with E-state index in [2.05, 4.69) is 16.6 Å². The number of rotatable bonds is 7. The molecule has 2 atom stereocenters. The maximum absolute atomic E-state index is 14.6. The lowest BCUT2D eigenvalue weighted by molar-refractivity contribution is -0.138. The molecule has 0 amide bonds. The van der Waals surface area contributed by atoms with Crippen molar-refractivity contribution in [2.45, 2.75) is 32.3 Å². The first-order valence-electron chi connectivity index (χ1n) is 11.1. The smallest absolute Gasteiger partial charge is 0.305 e. The summed E-state index contributed by atoms with van der Waals surface area (Å²) in [5.41, 5.74) is 0.850. The minimum atomic E-state index is -4.42. The molecule has 2 aromatic carbocycles. The number of halogens is 5. The number of aliphatic hydroxyl groups is 1. The van der Waals surface area contributed by atoms with Crippen LogP contribution in [0.15, 0.2) is 36.4 Å². The van der Waals surface area contributed by atoms with E-state index in [4.69, 9.17) is 5.11 Å². The van der Waals surface area contributed by atoms with Gasteiger partial charge < -0.3 is 15.1 Å². The Labute approximate surface area is 214 Å². The molecule has 0 bridgehead atoms. The van der Waals surface area contributed by atoms with Crippen LogP contribution in [0.2, 0.25) is 0 Å². The van der Waals surface area contributed by atoms with Crippen LogP contribution < -0.4 is 0 Å². The number of aliphatic hydroxyl groups excluding tert-OH is 1. The number of benzene rings is 2. The number of pyridine rings is 1. The Morgan fingerprint density at radius 2 is 1.61 bits per heavy atom. The number of hydrogen-bond acceptors (Lipinski definition) is 4. The van der Waals surface area contributed by atoms with Gasteiger partial charge in [-0.1, -0.05) is 31.9 Å². The molecule has 0 aliphatic heterocycles. The molecule has 0 spiro atoms. The van der Waals surface area contributed by atoms with Crippen molar-refractivity contribution in [3.63, 3.8) is 0 Å². The third-order valence-corrected chi connectivity index (χ3v) is 6.72. The van der Waals surface area contributed by atoms with Crippen LogP contribution in [0.5, 0.6) is 0 Å². The van der Waals surface area contributed by atoms with Gasteiger partial charge in [0.2, 0.25) is 0 Å². The van der Waals surface area contributed by atoms with Gasteiger partial charge in [-0.2, -0.15) is 0 Å². The van der Waals surface area contributed by atoms with Crippen LogP contribution in [0, 0.1) is 40.7 Å². The minimum absolute atomic E-state index is 0.00458. The molecule has 3 aromatic rings. The van der Waals surface area contributed by atoms with Crippen LogP contribution in [0.25, 0.3) is 22.4 Å². The van der Waals surface area contributed by atoms with Crippen molar-refractivity contribution >= 4 is 13.3 Å². The van der Waals surface area contributed by atoms with Gasteiger partial charge >= 0.3 is 5.97 Å². The second-order valence-corrected chi connectivity index (χ2v) is 10.7. The zero-order valence-electron chi connectivity index (χ0n) is 20.0. The summed E-state index contributed by atoms with van der Waals surface area (Å²) < 4.78 is 83.4. The third kappa shape index (κ3) is 6.64. The van der Waals surface area contributed by atoms with E-state index in [1.807, 2.05) is 0 Å². The lowest BCUT2D eigenvalue weighted by Crippen LogP contribution is -2.17. The summed E-state index contributed by atoms with van der Waals surface area (Å²) >= 11 is 0. The van der Waals surface area contributed by atoms with Crippen molar-refractivity contribution in [1.29, 1.82) is 0 Å². The first-order chi connectivity index (χ1) is 17.7. The van der Waals surface area contributed by atoms with E-state index in [0.717, 1.165) is 18.2 Å². The number of aromatic nitrogens is 1. The second kappa shape index (κ2) is 11.4. The van der Waals surface area contributed by atoms with Crippen molar-refractivity contribution in [3.8, 4) is 34.0 Å². The Hall–Kier alpha value is -3.58. The average molecular weight is 553 g/mol. The maximum Gasteiger partial charge on any atom is 0.305 e. The van der Waals surface area contributed by atoms with Crippen molar-refractivity contribution in [1.82, 2.24) is 4.98 Å². The molecule has 1 unspecified atom stereocenters. The van der Waals surface area contributed by atoms with E-state index in [1.165, 1.54) is 12.1 Å². The standard InChI is InChI=1S/C26H21F5NO5P/c1-13(2)26-17(7-8-38(36,37)12-16(33)9-22(34)35)18(14-3-5-15(27)6-4-14)10-21(32-26)23-24(30)19(28)11-20(29)25(23)31/h3-6,10-11,13,16,33H,9,12H2,1-2H3,(H,34,35)(H,36,37)/t16-/m0/s1. The monoisotopic (exact) mass is 553 g/mol. The van der Waals surface area contributed by atoms with Gasteiger partial charge in [0.05, 0.1) is 41.2 Å². The molecule has 0 aliphatic rings. The molecule has 1 heterocycles. The molecule has 0 radical (unpaired) electrons. The number of hydrogen-bond donors (Lipinski definition) is 3. The summed E-state index contributed by atoms with van der Waals surface area (Å²) in [6, 6.07) is 5.84. The zero-order chi connectivity index (χ0) is 28.4. The van der Waals surface area contributed by atoms with Crippen molar-refractivity contribution in [2.24, 2.45) is 0 Å². The van der Waals surface area contributed by atoms with E-state index in [1.54, 1.807) is 13.8 Å². The highest BCUT2D eigenvalue weighted by molar-refractivity contribution is 7.63. The van der Waals surface area contributed by atoms with Crippen molar-refractivity contribution < 1.29 is 46.4 Å². The first kappa shape index (κ1) is 29.0. The van der Waals surface area contributed by atoms with Gasteiger partial charge in [-0.25, -0.2) is 22.0 Å². The Morgan fingerprint density at radius 3 is 2.13 bits per heavy atom. The normalized spacial score (nSPS) is 13.5. The molecule has 1 aromatic heterocycles. The molecule has 6 nitrogen and oxygen atoms in total. The number of carboxylic acid groups (broad SMARTS) is 1. The molecule has 0 fully saturated rings. The van der Waals surface area contributed by atoms with Crippen LogP contribution >= 0.6 is 7.37 Å². The summed E-state index contributed by atoms with van der Waals surface area (Å²) in [6.45, 7) is 3.22. The van der Waals surface area contributed by atoms with E-state index in [9.17, 15) is 41.3 Å². The second-order valence-electron chi connectivity index (χ2n) is 8.69. The highest BCUT2D eigenvalue weighted by Gasteiger charge is 2.26. The molecule has 38 heavy (non-hydrogen) atoms. The summed E-state index contributed by atoms with van der Waals surface area (Å²) in [5, 5.41) is 18.5. The summed E-state index contributed by atoms with van der Waals surface area (Å²) in [5.74, 6) is -6.74. The maximum atomic E-state index is 14.6. The van der Waals surface area contributed by atoms with Crippen LogP contribution in [-0.2, 0) is 9.36 Å². The lowest BCUT2D eigenvalue weighted by atomic mass is 9.92. The van der Waals surface area contributed by atoms with Crippen LogP contribution in [-0.4, -0.2) is 38.3 Å². The first-order valence-corrected chi connectivity index (χ1v) is 12.9. The summed E-state index contributed by atoms with van der Waals surface area (Å²) in [7, 11) is -4.42. The van der Waals surface area contributed by atoms with Crippen LogP contribution in [0.3, 0.4) is 0 Å². The SMILES string of the molecule is CC(C)c1nc(-c2c(F)c(F)cc(F)c2F)cc(-c2ccc(F)cc2)c1C#CP(=O)(O)C[C@@H](O)CC(=O)O. The zero-order valence-corrected chi connectivity index (χ0v) is 20.9. The number of carbonyl (C=O) groups is 1. The quantitative estimate of drug-likeness (QED) is 0.151. The van der Waals surface area contributed by atoms with Gasteiger partial charge in [-0.05, 0) is 35.3 Å². The number of aliphatic carboxylic acids is 1. The fourth-order valence-corrected chi connectivity index (χ4v) is 4.72. The van der Waals surface area contributed by atoms with Crippen LogP contribution in [0.1, 0.15) is 37.4 Å². The number of carboxylic acids is 1. The van der Waals surface area contributed by atoms with E-state index < -0.39 is 78.3 Å². The van der Waals surface area contributed by atoms with Gasteiger partial charge in [0.15, 0.2) is 23.3 Å². The van der Waals surface area contributed by atoms with Crippen LogP contribution in [0.4, 0.5) is 22.0 Å². The Kier molecular flexibility index (Phi) is 8.72. The molecule has 0 aliphatic carbocycles. The van der Waals surface area contributed by atoms with Crippen molar-refractivity contribution in [2.75, 3.05) is 6.16 Å². The van der Waals surface area contributed by atoms with Gasteiger partial charge in [0.25, 0.3) is 7.37 Å². The van der Waals surface area contributed by atoms with Gasteiger partial charge in [-0.15, -0.1) is 0 Å². The molecule has 3 rings (SSSR count).